The fraction of sp³-hybridized carbons (Fsp3) is 0.824. The fourth-order valence-corrected chi connectivity index (χ4v) is 3.17. The third-order valence-electron chi connectivity index (χ3n) is 4.79. The summed E-state index contributed by atoms with van der Waals surface area (Å²) in [4.78, 5) is 12.1. The van der Waals surface area contributed by atoms with Crippen molar-refractivity contribution < 1.29 is 9.18 Å². The molecule has 0 heterocycles. The van der Waals surface area contributed by atoms with Gasteiger partial charge in [0, 0.05) is 18.3 Å². The van der Waals surface area contributed by atoms with Gasteiger partial charge >= 0.3 is 0 Å². The van der Waals surface area contributed by atoms with Gasteiger partial charge in [-0.3, -0.25) is 4.79 Å². The van der Waals surface area contributed by atoms with Crippen LogP contribution in [-0.4, -0.2) is 11.5 Å². The summed E-state index contributed by atoms with van der Waals surface area (Å²) in [6, 6.07) is 0. The molecule has 2 heteroatoms. The van der Waals surface area contributed by atoms with Crippen molar-refractivity contribution in [2.24, 2.45) is 23.7 Å². The van der Waals surface area contributed by atoms with Crippen LogP contribution >= 0.6 is 0 Å². The van der Waals surface area contributed by atoms with Crippen LogP contribution < -0.4 is 0 Å². The van der Waals surface area contributed by atoms with E-state index in [-0.39, 0.29) is 17.6 Å². The van der Waals surface area contributed by atoms with Crippen molar-refractivity contribution in [1.82, 2.24) is 0 Å². The molecule has 0 aliphatic heterocycles. The van der Waals surface area contributed by atoms with Crippen LogP contribution in [0.1, 0.15) is 60.8 Å². The maximum atomic E-state index is 14.3. The van der Waals surface area contributed by atoms with Crippen LogP contribution in [-0.2, 0) is 4.79 Å². The molecule has 1 nitrogen and oxygen atoms in total. The number of rotatable bonds is 5. The third kappa shape index (κ3) is 3.90. The molecule has 110 valence electrons. The molecule has 1 rings (SSSR count). The van der Waals surface area contributed by atoms with Crippen molar-refractivity contribution in [2.75, 3.05) is 0 Å². The van der Waals surface area contributed by atoms with E-state index < -0.39 is 5.67 Å². The SMILES string of the molecule is CCCC(C)C(C)C1=C[C@@H](C(C)(C)F)C(C)C(=O)C1. The zero-order valence-electron chi connectivity index (χ0n) is 13.3. The highest BCUT2D eigenvalue weighted by Gasteiger charge is 2.39. The minimum Gasteiger partial charge on any atom is -0.299 e. The molecule has 0 aromatic carbocycles. The normalized spacial score (nSPS) is 27.9. The Morgan fingerprint density at radius 1 is 1.42 bits per heavy atom. The maximum Gasteiger partial charge on any atom is 0.140 e. The first-order valence-corrected chi connectivity index (χ1v) is 7.60. The molecule has 19 heavy (non-hydrogen) atoms. The van der Waals surface area contributed by atoms with Gasteiger partial charge in [0.05, 0.1) is 0 Å². The highest BCUT2D eigenvalue weighted by atomic mass is 19.1. The largest absolute Gasteiger partial charge is 0.299 e. The van der Waals surface area contributed by atoms with Gasteiger partial charge in [-0.2, -0.15) is 0 Å². The number of hydrogen-bond acceptors (Lipinski definition) is 1. The Morgan fingerprint density at radius 3 is 2.47 bits per heavy atom. The molecule has 0 saturated carbocycles. The number of alkyl halides is 1. The minimum absolute atomic E-state index is 0.197. The number of carbonyl (C=O) groups is 1. The summed E-state index contributed by atoms with van der Waals surface area (Å²) in [5, 5.41) is 0. The monoisotopic (exact) mass is 268 g/mol. The zero-order chi connectivity index (χ0) is 14.8. The first kappa shape index (κ1) is 16.4. The molecule has 0 aromatic heterocycles. The first-order valence-electron chi connectivity index (χ1n) is 7.60. The van der Waals surface area contributed by atoms with Crippen LogP contribution in [0.15, 0.2) is 11.6 Å². The summed E-state index contributed by atoms with van der Waals surface area (Å²) in [5.41, 5.74) is -0.172. The van der Waals surface area contributed by atoms with Crippen LogP contribution in [0, 0.1) is 23.7 Å². The molecule has 0 radical (unpaired) electrons. The van der Waals surface area contributed by atoms with Gasteiger partial charge in [0.1, 0.15) is 11.5 Å². The van der Waals surface area contributed by atoms with Gasteiger partial charge in [0.15, 0.2) is 0 Å². The highest BCUT2D eigenvalue weighted by Crippen LogP contribution is 2.39. The van der Waals surface area contributed by atoms with E-state index in [0.717, 1.165) is 18.4 Å². The van der Waals surface area contributed by atoms with Crippen LogP contribution in [0.2, 0.25) is 0 Å². The highest BCUT2D eigenvalue weighted by molar-refractivity contribution is 5.85. The van der Waals surface area contributed by atoms with Crippen molar-refractivity contribution in [1.29, 1.82) is 0 Å². The van der Waals surface area contributed by atoms with Crippen molar-refractivity contribution in [3.8, 4) is 0 Å². The molecule has 0 N–H and O–H groups in total. The lowest BCUT2D eigenvalue weighted by Gasteiger charge is -2.36. The van der Waals surface area contributed by atoms with E-state index >= 15 is 0 Å². The predicted octanol–water partition coefficient (Wildman–Crippen LogP) is 4.96. The van der Waals surface area contributed by atoms with Gasteiger partial charge in [-0.25, -0.2) is 4.39 Å². The van der Waals surface area contributed by atoms with Crippen LogP contribution in [0.5, 0.6) is 0 Å². The summed E-state index contributed by atoms with van der Waals surface area (Å²) in [6.45, 7) is 11.6. The molecular formula is C17H29FO. The van der Waals surface area contributed by atoms with E-state index in [1.54, 1.807) is 13.8 Å². The molecule has 1 aliphatic carbocycles. The lowest BCUT2D eigenvalue weighted by Crippen LogP contribution is -2.37. The number of carbonyl (C=O) groups excluding carboxylic acids is 1. The Morgan fingerprint density at radius 2 is 2.00 bits per heavy atom. The summed E-state index contributed by atoms with van der Waals surface area (Å²) in [6.07, 6.45) is 4.89. The van der Waals surface area contributed by atoms with E-state index in [1.807, 2.05) is 6.92 Å². The lowest BCUT2D eigenvalue weighted by molar-refractivity contribution is -0.125. The van der Waals surface area contributed by atoms with Gasteiger partial charge in [0.25, 0.3) is 0 Å². The minimum atomic E-state index is -1.32. The van der Waals surface area contributed by atoms with Crippen LogP contribution in [0.25, 0.3) is 0 Å². The zero-order valence-corrected chi connectivity index (χ0v) is 13.3. The van der Waals surface area contributed by atoms with Crippen molar-refractivity contribution in [3.05, 3.63) is 11.6 Å². The van der Waals surface area contributed by atoms with Crippen molar-refractivity contribution >= 4 is 5.78 Å². The molecule has 0 bridgehead atoms. The number of Topliss-reactive ketones (excluding diaryl/α,β-unsaturated/α-hetero) is 1. The predicted molar refractivity (Wildman–Crippen MR) is 78.8 cm³/mol. The van der Waals surface area contributed by atoms with Crippen molar-refractivity contribution in [3.63, 3.8) is 0 Å². The van der Waals surface area contributed by atoms with E-state index in [0.29, 0.717) is 18.3 Å². The van der Waals surface area contributed by atoms with Gasteiger partial charge < -0.3 is 0 Å². The fourth-order valence-electron chi connectivity index (χ4n) is 3.17. The summed E-state index contributed by atoms with van der Waals surface area (Å²) >= 11 is 0. The standard InChI is InChI=1S/C17H29FO/c1-7-8-11(2)12(3)14-9-15(17(5,6)18)13(4)16(19)10-14/h9,11-13,15H,7-8,10H2,1-6H3/t11?,12?,13?,15-/m1/s1. The van der Waals surface area contributed by atoms with E-state index in [1.165, 1.54) is 0 Å². The number of hydrogen-bond donors (Lipinski definition) is 0. The van der Waals surface area contributed by atoms with Crippen LogP contribution in [0.4, 0.5) is 4.39 Å². The number of halogens is 1. The second kappa shape index (κ2) is 6.19. The second-order valence-corrected chi connectivity index (χ2v) is 6.82. The molecular weight excluding hydrogens is 239 g/mol. The average Bonchev–Trinajstić information content (AvgIpc) is 2.30. The Bertz CT molecular complexity index is 351. The second-order valence-electron chi connectivity index (χ2n) is 6.82. The van der Waals surface area contributed by atoms with E-state index in [2.05, 4.69) is 26.8 Å². The van der Waals surface area contributed by atoms with Gasteiger partial charge in [0.2, 0.25) is 0 Å². The Hall–Kier alpha value is -0.660. The van der Waals surface area contributed by atoms with E-state index in [4.69, 9.17) is 0 Å². The molecule has 0 amide bonds. The summed E-state index contributed by atoms with van der Waals surface area (Å²) in [7, 11) is 0. The summed E-state index contributed by atoms with van der Waals surface area (Å²) < 4.78 is 14.3. The van der Waals surface area contributed by atoms with Gasteiger partial charge in [-0.1, -0.05) is 52.2 Å². The molecule has 1 aliphatic rings. The molecule has 0 fully saturated rings. The molecule has 3 unspecified atom stereocenters. The maximum absolute atomic E-state index is 14.3. The quantitative estimate of drug-likeness (QED) is 0.644. The lowest BCUT2D eigenvalue weighted by atomic mass is 9.70. The van der Waals surface area contributed by atoms with Crippen molar-refractivity contribution in [2.45, 2.75) is 66.5 Å². The van der Waals surface area contributed by atoms with Gasteiger partial charge in [-0.05, 0) is 25.7 Å². The Kier molecular flexibility index (Phi) is 5.34. The number of ketones is 1. The Labute approximate surface area is 117 Å². The number of allylic oxidation sites excluding steroid dienone is 2. The molecule has 0 saturated heterocycles. The Balaban J connectivity index is 2.97. The molecule has 0 aromatic rings. The topological polar surface area (TPSA) is 17.1 Å². The summed E-state index contributed by atoms with van der Waals surface area (Å²) in [5.74, 6) is 0.656. The first-order chi connectivity index (χ1) is 8.68. The third-order valence-corrected chi connectivity index (χ3v) is 4.79. The van der Waals surface area contributed by atoms with E-state index in [9.17, 15) is 9.18 Å². The smallest absolute Gasteiger partial charge is 0.140 e. The molecule has 0 spiro atoms. The molecule has 4 atom stereocenters. The average molecular weight is 268 g/mol. The van der Waals surface area contributed by atoms with Crippen LogP contribution in [0.3, 0.4) is 0 Å². The van der Waals surface area contributed by atoms with Gasteiger partial charge in [-0.15, -0.1) is 0 Å².